The monoisotopic (exact) mass is 230 g/mol. The number of carbonyl (C=O) groups excluding carboxylic acids is 1. The van der Waals surface area contributed by atoms with E-state index in [9.17, 15) is 4.79 Å². The third-order valence-electron chi connectivity index (χ3n) is 2.58. The molecule has 2 N–H and O–H groups in total. The Morgan fingerprint density at radius 3 is 2.25 bits per heavy atom. The highest BCUT2D eigenvalue weighted by Crippen LogP contribution is 2.03. The number of amides is 1. The van der Waals surface area contributed by atoms with Crippen LogP contribution >= 0.6 is 0 Å². The minimum atomic E-state index is 0.0292. The van der Waals surface area contributed by atoms with Crippen molar-refractivity contribution in [1.29, 1.82) is 0 Å². The second-order valence-electron chi connectivity index (χ2n) is 4.60. The molecule has 0 atom stereocenters. The van der Waals surface area contributed by atoms with E-state index in [0.29, 0.717) is 31.5 Å². The molecule has 0 aliphatic rings. The molecule has 0 spiro atoms. The summed E-state index contributed by atoms with van der Waals surface area (Å²) < 4.78 is 0. The summed E-state index contributed by atoms with van der Waals surface area (Å²) in [6, 6.07) is 0.990. The van der Waals surface area contributed by atoms with Gasteiger partial charge >= 0.3 is 0 Å². The molecule has 0 radical (unpaired) electrons. The maximum absolute atomic E-state index is 11.3. The summed E-state index contributed by atoms with van der Waals surface area (Å²) in [7, 11) is 0. The average molecular weight is 230 g/mol. The molecule has 0 aromatic heterocycles. The number of aliphatic hydroxyl groups is 1. The molecule has 0 unspecified atom stereocenters. The van der Waals surface area contributed by atoms with Gasteiger partial charge in [-0.15, -0.1) is 0 Å². The van der Waals surface area contributed by atoms with Crippen molar-refractivity contribution in [3.05, 3.63) is 0 Å². The number of carbonyl (C=O) groups is 1. The molecule has 0 saturated heterocycles. The number of aliphatic hydroxyl groups excluding tert-OH is 1. The predicted octanol–water partition coefficient (Wildman–Crippen LogP) is 0.994. The molecule has 0 saturated carbocycles. The van der Waals surface area contributed by atoms with E-state index in [1.54, 1.807) is 0 Å². The Kier molecular flexibility index (Phi) is 8.21. The highest BCUT2D eigenvalue weighted by molar-refractivity contribution is 5.75. The fourth-order valence-electron chi connectivity index (χ4n) is 1.77. The quantitative estimate of drug-likeness (QED) is 0.654. The summed E-state index contributed by atoms with van der Waals surface area (Å²) >= 11 is 0. The first-order valence-electron chi connectivity index (χ1n) is 6.12. The van der Waals surface area contributed by atoms with Gasteiger partial charge in [-0.3, -0.25) is 9.69 Å². The molecule has 0 aromatic rings. The Morgan fingerprint density at radius 1 is 1.25 bits per heavy atom. The van der Waals surface area contributed by atoms with Crippen LogP contribution in [0, 0.1) is 0 Å². The van der Waals surface area contributed by atoms with Crippen LogP contribution in [-0.4, -0.2) is 47.7 Å². The van der Waals surface area contributed by atoms with Crippen molar-refractivity contribution in [2.75, 3.05) is 19.7 Å². The molecular weight excluding hydrogens is 204 g/mol. The highest BCUT2D eigenvalue weighted by Gasteiger charge is 2.12. The fraction of sp³-hybridized carbons (Fsp3) is 0.917. The van der Waals surface area contributed by atoms with Gasteiger partial charge in [-0.2, -0.15) is 0 Å². The number of nitrogens with one attached hydrogen (secondary N) is 1. The van der Waals surface area contributed by atoms with Crippen LogP contribution in [0.25, 0.3) is 0 Å². The fourth-order valence-corrected chi connectivity index (χ4v) is 1.77. The third kappa shape index (κ3) is 6.80. The summed E-state index contributed by atoms with van der Waals surface area (Å²) in [5, 5.41) is 11.5. The molecule has 4 nitrogen and oxygen atoms in total. The highest BCUT2D eigenvalue weighted by atomic mass is 16.3. The number of hydrogen-bond acceptors (Lipinski definition) is 3. The Morgan fingerprint density at radius 2 is 1.81 bits per heavy atom. The van der Waals surface area contributed by atoms with Crippen LogP contribution in [0.2, 0.25) is 0 Å². The minimum absolute atomic E-state index is 0.0292. The van der Waals surface area contributed by atoms with Crippen LogP contribution in [0.5, 0.6) is 0 Å². The van der Waals surface area contributed by atoms with E-state index in [4.69, 9.17) is 5.11 Å². The van der Waals surface area contributed by atoms with Crippen LogP contribution in [0.15, 0.2) is 0 Å². The molecule has 0 aliphatic carbocycles. The van der Waals surface area contributed by atoms with E-state index in [0.717, 1.165) is 6.54 Å². The summed E-state index contributed by atoms with van der Waals surface area (Å²) in [5.74, 6) is 0.0292. The van der Waals surface area contributed by atoms with Gasteiger partial charge < -0.3 is 10.4 Å². The van der Waals surface area contributed by atoms with Gasteiger partial charge in [-0.25, -0.2) is 0 Å². The smallest absolute Gasteiger partial charge is 0.220 e. The molecule has 0 aromatic carbocycles. The molecule has 0 rings (SSSR count). The zero-order valence-corrected chi connectivity index (χ0v) is 11.0. The van der Waals surface area contributed by atoms with Gasteiger partial charge in [0, 0.05) is 38.2 Å². The summed E-state index contributed by atoms with van der Waals surface area (Å²) in [4.78, 5) is 13.6. The molecule has 0 aliphatic heterocycles. The molecular formula is C12H26N2O2. The van der Waals surface area contributed by atoms with Gasteiger partial charge in [-0.1, -0.05) is 0 Å². The lowest BCUT2D eigenvalue weighted by Crippen LogP contribution is -2.42. The largest absolute Gasteiger partial charge is 0.396 e. The first-order chi connectivity index (χ1) is 7.49. The average Bonchev–Trinajstić information content (AvgIpc) is 2.20. The second kappa shape index (κ2) is 8.53. The molecule has 0 heterocycles. The Labute approximate surface area is 99.0 Å². The minimum Gasteiger partial charge on any atom is -0.396 e. The molecule has 96 valence electrons. The SMILES string of the molecule is CC(C)N(CCNC(=O)CCCO)C(C)C. The van der Waals surface area contributed by atoms with Gasteiger partial charge in [0.25, 0.3) is 0 Å². The zero-order chi connectivity index (χ0) is 12.6. The van der Waals surface area contributed by atoms with Gasteiger partial charge in [0.1, 0.15) is 0 Å². The normalized spacial score (nSPS) is 11.5. The standard InChI is InChI=1S/C12H26N2O2/c1-10(2)14(11(3)4)8-7-13-12(16)6-5-9-15/h10-11,15H,5-9H2,1-4H3,(H,13,16). The lowest BCUT2D eigenvalue weighted by molar-refractivity contribution is -0.121. The third-order valence-corrected chi connectivity index (χ3v) is 2.58. The van der Waals surface area contributed by atoms with Crippen molar-refractivity contribution >= 4 is 5.91 Å². The van der Waals surface area contributed by atoms with Crippen molar-refractivity contribution in [3.63, 3.8) is 0 Å². The van der Waals surface area contributed by atoms with E-state index in [2.05, 4.69) is 37.9 Å². The Balaban J connectivity index is 3.73. The first kappa shape index (κ1) is 15.4. The zero-order valence-electron chi connectivity index (χ0n) is 11.0. The maximum Gasteiger partial charge on any atom is 0.220 e. The van der Waals surface area contributed by atoms with Crippen molar-refractivity contribution in [1.82, 2.24) is 10.2 Å². The van der Waals surface area contributed by atoms with E-state index < -0.39 is 0 Å². The lowest BCUT2D eigenvalue weighted by Gasteiger charge is -2.30. The predicted molar refractivity (Wildman–Crippen MR) is 66.3 cm³/mol. The van der Waals surface area contributed by atoms with Crippen LogP contribution in [0.4, 0.5) is 0 Å². The van der Waals surface area contributed by atoms with Crippen LogP contribution in [-0.2, 0) is 4.79 Å². The van der Waals surface area contributed by atoms with Crippen LogP contribution in [0.3, 0.4) is 0 Å². The summed E-state index contributed by atoms with van der Waals surface area (Å²) in [5.41, 5.74) is 0. The van der Waals surface area contributed by atoms with E-state index in [1.165, 1.54) is 0 Å². The topological polar surface area (TPSA) is 52.6 Å². The molecule has 16 heavy (non-hydrogen) atoms. The molecule has 0 bridgehead atoms. The second-order valence-corrected chi connectivity index (χ2v) is 4.60. The van der Waals surface area contributed by atoms with E-state index in [1.807, 2.05) is 0 Å². The number of hydrogen-bond donors (Lipinski definition) is 2. The van der Waals surface area contributed by atoms with Crippen LogP contribution < -0.4 is 5.32 Å². The Hall–Kier alpha value is -0.610. The molecule has 4 heteroatoms. The summed E-state index contributed by atoms with van der Waals surface area (Å²) in [6.45, 7) is 10.3. The molecule has 0 fully saturated rings. The molecule has 1 amide bonds. The van der Waals surface area contributed by atoms with Gasteiger partial charge in [-0.05, 0) is 34.1 Å². The number of rotatable bonds is 8. The van der Waals surface area contributed by atoms with Crippen molar-refractivity contribution in [2.45, 2.75) is 52.6 Å². The van der Waals surface area contributed by atoms with E-state index >= 15 is 0 Å². The Bertz CT molecular complexity index is 185. The first-order valence-corrected chi connectivity index (χ1v) is 6.12. The van der Waals surface area contributed by atoms with Crippen molar-refractivity contribution in [3.8, 4) is 0 Å². The summed E-state index contributed by atoms with van der Waals surface area (Å²) in [6.07, 6.45) is 0.962. The van der Waals surface area contributed by atoms with Crippen molar-refractivity contribution in [2.24, 2.45) is 0 Å². The van der Waals surface area contributed by atoms with E-state index in [-0.39, 0.29) is 12.5 Å². The van der Waals surface area contributed by atoms with Crippen molar-refractivity contribution < 1.29 is 9.90 Å². The van der Waals surface area contributed by atoms with Gasteiger partial charge in [0.15, 0.2) is 0 Å². The van der Waals surface area contributed by atoms with Crippen LogP contribution in [0.1, 0.15) is 40.5 Å². The lowest BCUT2D eigenvalue weighted by atomic mass is 10.2. The number of nitrogens with zero attached hydrogens (tertiary/aromatic N) is 1. The maximum atomic E-state index is 11.3. The van der Waals surface area contributed by atoms with Gasteiger partial charge in [0.2, 0.25) is 5.91 Å². The van der Waals surface area contributed by atoms with Gasteiger partial charge in [0.05, 0.1) is 0 Å².